The molecule has 0 spiro atoms. The molecule has 0 radical (unpaired) electrons. The number of esters is 2. The predicted octanol–water partition coefficient (Wildman–Crippen LogP) is 3.81. The molecule has 0 saturated heterocycles. The van der Waals surface area contributed by atoms with Crippen molar-refractivity contribution < 1.29 is 60.6 Å². The van der Waals surface area contributed by atoms with Gasteiger partial charge in [-0.3, -0.25) is 9.59 Å². The molecule has 8 saturated carbocycles. The zero-order valence-corrected chi connectivity index (χ0v) is 28.3. The van der Waals surface area contributed by atoms with Crippen LogP contribution >= 0.6 is 0 Å². The van der Waals surface area contributed by atoms with E-state index in [1.807, 2.05) is 0 Å². The fraction of sp³-hybridized carbons (Fsp3) is 0.824. The third-order valence-corrected chi connectivity index (χ3v) is 10.2. The van der Waals surface area contributed by atoms with Crippen LogP contribution in [0.15, 0.2) is 0 Å². The summed E-state index contributed by atoms with van der Waals surface area (Å²) in [7, 11) is 0. The van der Waals surface area contributed by atoms with E-state index in [9.17, 15) is 19.2 Å². The van der Waals surface area contributed by atoms with E-state index in [2.05, 4.69) is 0 Å². The van der Waals surface area contributed by atoms with Gasteiger partial charge in [-0.25, -0.2) is 12.8 Å². The van der Waals surface area contributed by atoms with Gasteiger partial charge in [-0.15, -0.1) is 13.2 Å². The third-order valence-electron chi connectivity index (χ3n) is 10.2. The van der Waals surface area contributed by atoms with Gasteiger partial charge in [-0.1, -0.05) is 13.8 Å². The average molecular weight is 637 g/mol. The molecule has 0 aromatic carbocycles. The standard InChI is InChI=1S/2C15H21O3.2C2H5O.Ti/c2*1-2-18-14(17)6-13(16)15-7-10-3-11(8-15)5-12(4-10)9-15;2*1-2-3;/h2*6,10-12H,2-5,7-9H2,1H3;2*2H2,1H3;/q4*-1;. The second-order valence-corrected chi connectivity index (χ2v) is 13.5. The second-order valence-electron chi connectivity index (χ2n) is 13.5. The zero-order valence-electron chi connectivity index (χ0n) is 26.7. The van der Waals surface area contributed by atoms with Gasteiger partial charge in [0, 0.05) is 44.1 Å². The number of hydrogen-bond donors (Lipinski definition) is 0. The van der Waals surface area contributed by atoms with E-state index in [1.165, 1.54) is 51.4 Å². The first kappa shape index (κ1) is 37.8. The minimum Gasteiger partial charge on any atom is -0.855 e. The SMILES string of the molecule is CCOC(=O)[CH-]C(=O)C12CC3CC(CC(C3)C1)C2.CCOC(=O)[CH-]C(=O)C12CC3CC(CC(C3)C1)C2.CC[O-].CC[O-].[Ti]. The molecule has 8 fully saturated rings. The first-order valence-corrected chi connectivity index (χ1v) is 16.3. The van der Waals surface area contributed by atoms with Crippen LogP contribution in [0.1, 0.15) is 105 Å². The van der Waals surface area contributed by atoms with E-state index in [0.717, 1.165) is 74.0 Å². The van der Waals surface area contributed by atoms with Crippen molar-refractivity contribution in [2.45, 2.75) is 105 Å². The van der Waals surface area contributed by atoms with Crippen molar-refractivity contribution in [1.82, 2.24) is 0 Å². The predicted molar refractivity (Wildman–Crippen MR) is 154 cm³/mol. The van der Waals surface area contributed by atoms with Crippen LogP contribution in [0.2, 0.25) is 0 Å². The maximum atomic E-state index is 12.4. The molecule has 8 rings (SSSR count). The monoisotopic (exact) mass is 636 g/mol. The Morgan fingerprint density at radius 3 is 0.953 bits per heavy atom. The molecule has 0 aliphatic heterocycles. The Morgan fingerprint density at radius 1 is 0.558 bits per heavy atom. The normalized spacial score (nSPS) is 34.8. The summed E-state index contributed by atoms with van der Waals surface area (Å²) < 4.78 is 9.72. The molecule has 0 atom stereocenters. The van der Waals surface area contributed by atoms with E-state index < -0.39 is 11.9 Å². The molecule has 0 heterocycles. The Bertz CT molecular complexity index is 787. The van der Waals surface area contributed by atoms with Crippen molar-refractivity contribution in [2.24, 2.45) is 46.3 Å². The van der Waals surface area contributed by atoms with Crippen molar-refractivity contribution in [1.29, 1.82) is 0 Å². The van der Waals surface area contributed by atoms with Gasteiger partial charge in [0.15, 0.2) is 11.9 Å². The minimum atomic E-state index is -0.460. The number of ether oxygens (including phenoxy) is 2. The molecule has 0 unspecified atom stereocenters. The van der Waals surface area contributed by atoms with Gasteiger partial charge in [0.05, 0.1) is 13.2 Å². The van der Waals surface area contributed by atoms with Crippen LogP contribution in [0.4, 0.5) is 0 Å². The molecule has 244 valence electrons. The molecule has 0 aromatic heterocycles. The molecular formula is C34H52O8Ti-4. The molecule has 8 nitrogen and oxygen atoms in total. The average Bonchev–Trinajstić information content (AvgIpc) is 2.89. The van der Waals surface area contributed by atoms with Crippen LogP contribution in [0, 0.1) is 59.2 Å². The van der Waals surface area contributed by atoms with Crippen molar-refractivity contribution in [3.05, 3.63) is 12.8 Å². The van der Waals surface area contributed by atoms with Crippen LogP contribution in [0.5, 0.6) is 0 Å². The van der Waals surface area contributed by atoms with Crippen LogP contribution in [-0.4, -0.2) is 49.9 Å². The van der Waals surface area contributed by atoms with Gasteiger partial charge < -0.3 is 29.3 Å². The maximum Gasteiger partial charge on any atom is 0.173 e. The number of hydrogen-bond acceptors (Lipinski definition) is 8. The van der Waals surface area contributed by atoms with Crippen LogP contribution in [0.25, 0.3) is 0 Å². The zero-order chi connectivity index (χ0) is 30.9. The fourth-order valence-corrected chi connectivity index (χ4v) is 9.71. The number of Topliss-reactive ketones (excluding diaryl/α,β-unsaturated/α-hetero) is 2. The van der Waals surface area contributed by atoms with Gasteiger partial charge in [0.1, 0.15) is 0 Å². The maximum absolute atomic E-state index is 12.4. The Morgan fingerprint density at radius 2 is 0.767 bits per heavy atom. The quantitative estimate of drug-likeness (QED) is 0.170. The molecule has 43 heavy (non-hydrogen) atoms. The number of carbonyl (C=O) groups is 4. The number of carbonyl (C=O) groups excluding carboxylic acids is 4. The molecule has 0 amide bonds. The van der Waals surface area contributed by atoms with Crippen molar-refractivity contribution >= 4 is 23.5 Å². The summed E-state index contributed by atoms with van der Waals surface area (Å²) in [5.74, 6) is 3.56. The minimum absolute atomic E-state index is 0. The van der Waals surface area contributed by atoms with Gasteiger partial charge in [-0.2, -0.15) is 0 Å². The van der Waals surface area contributed by atoms with Gasteiger partial charge in [0.25, 0.3) is 0 Å². The molecule has 8 bridgehead atoms. The van der Waals surface area contributed by atoms with Gasteiger partial charge in [0.2, 0.25) is 0 Å². The largest absolute Gasteiger partial charge is 0.855 e. The van der Waals surface area contributed by atoms with Gasteiger partial charge >= 0.3 is 0 Å². The molecule has 8 aliphatic carbocycles. The molecule has 0 aromatic rings. The van der Waals surface area contributed by atoms with E-state index in [0.29, 0.717) is 13.2 Å². The summed E-state index contributed by atoms with van der Waals surface area (Å²) >= 11 is 0. The van der Waals surface area contributed by atoms with E-state index >= 15 is 0 Å². The summed E-state index contributed by atoms with van der Waals surface area (Å²) in [6.07, 6.45) is 16.4. The summed E-state index contributed by atoms with van der Waals surface area (Å²) in [6, 6.07) is 0. The Kier molecular flexibility index (Phi) is 15.3. The molecule has 9 heteroatoms. The van der Waals surface area contributed by atoms with E-state index in [-0.39, 0.29) is 57.3 Å². The van der Waals surface area contributed by atoms with Crippen molar-refractivity contribution in [3.8, 4) is 0 Å². The second kappa shape index (κ2) is 17.4. The fourth-order valence-electron chi connectivity index (χ4n) is 9.71. The summed E-state index contributed by atoms with van der Waals surface area (Å²) in [4.78, 5) is 47.7. The molecule has 0 N–H and O–H groups in total. The Balaban J connectivity index is 0.000000249. The van der Waals surface area contributed by atoms with Crippen LogP contribution < -0.4 is 10.2 Å². The topological polar surface area (TPSA) is 133 Å². The van der Waals surface area contributed by atoms with Crippen LogP contribution in [-0.2, 0) is 50.4 Å². The van der Waals surface area contributed by atoms with Crippen molar-refractivity contribution in [2.75, 3.05) is 26.4 Å². The smallest absolute Gasteiger partial charge is 0.173 e. The molecule has 8 aliphatic rings. The summed E-state index contributed by atoms with van der Waals surface area (Å²) in [6.45, 7) is 7.34. The van der Waals surface area contributed by atoms with E-state index in [4.69, 9.17) is 19.7 Å². The summed E-state index contributed by atoms with van der Waals surface area (Å²) in [5, 5.41) is 17.9. The van der Waals surface area contributed by atoms with Crippen molar-refractivity contribution in [3.63, 3.8) is 0 Å². The summed E-state index contributed by atoms with van der Waals surface area (Å²) in [5.41, 5.74) is -0.414. The first-order valence-electron chi connectivity index (χ1n) is 16.3. The Hall–Kier alpha value is -1.35. The third kappa shape index (κ3) is 9.82. The number of rotatable bonds is 8. The Labute approximate surface area is 273 Å². The first-order chi connectivity index (χ1) is 20.0. The number of ketones is 2. The van der Waals surface area contributed by atoms with Crippen LogP contribution in [0.3, 0.4) is 0 Å². The van der Waals surface area contributed by atoms with Gasteiger partial charge in [-0.05, 0) is 126 Å². The van der Waals surface area contributed by atoms with E-state index in [1.54, 1.807) is 27.7 Å². The molecular weight excluding hydrogens is 584 g/mol.